The van der Waals surface area contributed by atoms with Crippen molar-refractivity contribution in [2.45, 2.75) is 13.8 Å². The average molecular weight is 301 g/mol. The fourth-order valence-electron chi connectivity index (χ4n) is 1.48. The smallest absolute Gasteiger partial charge is 0.137 e. The Morgan fingerprint density at radius 3 is 2.71 bits per heavy atom. The number of hydrogen-bond donors (Lipinski definition) is 0. The normalized spacial score (nSPS) is 10.9. The zero-order chi connectivity index (χ0) is 10.3. The molecule has 2 rings (SSSR count). The molecule has 1 aromatic carbocycles. The van der Waals surface area contributed by atoms with Gasteiger partial charge in [-0.1, -0.05) is 0 Å². The highest BCUT2D eigenvalue weighted by Gasteiger charge is 2.08. The first-order valence-corrected chi connectivity index (χ1v) is 5.39. The van der Waals surface area contributed by atoms with Gasteiger partial charge in [0, 0.05) is 11.1 Å². The third-order valence-corrected chi connectivity index (χ3v) is 3.29. The molecule has 2 aromatic rings. The predicted molar refractivity (Wildman–Crippen MR) is 63.9 cm³/mol. The van der Waals surface area contributed by atoms with Gasteiger partial charge in [-0.2, -0.15) is 0 Å². The van der Waals surface area contributed by atoms with Gasteiger partial charge in [0.05, 0.1) is 9.09 Å². The second kappa shape index (κ2) is 3.46. The summed E-state index contributed by atoms with van der Waals surface area (Å²) in [5.74, 6) is -0.166. The van der Waals surface area contributed by atoms with Crippen molar-refractivity contribution in [3.63, 3.8) is 0 Å². The van der Waals surface area contributed by atoms with E-state index in [2.05, 4.69) is 4.98 Å². The summed E-state index contributed by atoms with van der Waals surface area (Å²) in [4.78, 5) is 4.41. The highest BCUT2D eigenvalue weighted by atomic mass is 127. The van der Waals surface area contributed by atoms with Crippen molar-refractivity contribution in [3.05, 3.63) is 38.8 Å². The Balaban J connectivity index is 2.94. The van der Waals surface area contributed by atoms with Crippen LogP contribution in [0.15, 0.2) is 18.2 Å². The molecule has 0 aliphatic heterocycles. The molecule has 1 aromatic heterocycles. The summed E-state index contributed by atoms with van der Waals surface area (Å²) < 4.78 is 14.0. The van der Waals surface area contributed by atoms with E-state index in [9.17, 15) is 4.39 Å². The first kappa shape index (κ1) is 9.83. The molecule has 0 N–H and O–H groups in total. The average Bonchev–Trinajstić information content (AvgIpc) is 2.14. The zero-order valence-corrected chi connectivity index (χ0v) is 10.1. The van der Waals surface area contributed by atoms with Crippen LogP contribution in [0.1, 0.15) is 11.3 Å². The van der Waals surface area contributed by atoms with Gasteiger partial charge in [0.2, 0.25) is 0 Å². The van der Waals surface area contributed by atoms with E-state index in [0.717, 1.165) is 22.2 Å². The Morgan fingerprint density at radius 2 is 2.00 bits per heavy atom. The van der Waals surface area contributed by atoms with E-state index in [1.807, 2.05) is 48.6 Å². The fraction of sp³-hybridized carbons (Fsp3) is 0.182. The number of rotatable bonds is 0. The molecule has 1 heterocycles. The van der Waals surface area contributed by atoms with Gasteiger partial charge in [0.25, 0.3) is 0 Å². The molecule has 3 heteroatoms. The van der Waals surface area contributed by atoms with Crippen molar-refractivity contribution in [2.75, 3.05) is 0 Å². The number of nitrogens with zero attached hydrogens (tertiary/aromatic N) is 1. The van der Waals surface area contributed by atoms with Gasteiger partial charge < -0.3 is 0 Å². The van der Waals surface area contributed by atoms with Gasteiger partial charge in [-0.25, -0.2) is 4.39 Å². The second-order valence-corrected chi connectivity index (χ2v) is 4.42. The minimum absolute atomic E-state index is 0.166. The first-order valence-electron chi connectivity index (χ1n) is 4.31. The molecule has 0 bridgehead atoms. The van der Waals surface area contributed by atoms with Crippen molar-refractivity contribution >= 4 is 33.5 Å². The topological polar surface area (TPSA) is 12.9 Å². The third kappa shape index (κ3) is 1.49. The lowest BCUT2D eigenvalue weighted by Crippen LogP contribution is -1.92. The Kier molecular flexibility index (Phi) is 2.43. The number of halogens is 2. The second-order valence-electron chi connectivity index (χ2n) is 3.34. The zero-order valence-electron chi connectivity index (χ0n) is 7.94. The van der Waals surface area contributed by atoms with Crippen molar-refractivity contribution in [2.24, 2.45) is 0 Å². The van der Waals surface area contributed by atoms with Crippen molar-refractivity contribution in [3.8, 4) is 0 Å². The molecule has 0 atom stereocenters. The van der Waals surface area contributed by atoms with Crippen LogP contribution in [-0.2, 0) is 0 Å². The lowest BCUT2D eigenvalue weighted by atomic mass is 10.1. The summed E-state index contributed by atoms with van der Waals surface area (Å²) in [5, 5.41) is 0.897. The maximum Gasteiger partial charge on any atom is 0.137 e. The summed E-state index contributed by atoms with van der Waals surface area (Å²) in [6, 6.07) is 5.37. The van der Waals surface area contributed by atoms with E-state index in [1.54, 1.807) is 0 Å². The van der Waals surface area contributed by atoms with Crippen LogP contribution in [0.3, 0.4) is 0 Å². The Bertz CT molecular complexity index is 508. The Hall–Kier alpha value is -0.710. The summed E-state index contributed by atoms with van der Waals surface area (Å²) in [6.07, 6.45) is 0. The van der Waals surface area contributed by atoms with Crippen LogP contribution in [0.5, 0.6) is 0 Å². The fourth-order valence-corrected chi connectivity index (χ4v) is 2.08. The maximum atomic E-state index is 13.4. The first-order chi connectivity index (χ1) is 6.59. The van der Waals surface area contributed by atoms with Gasteiger partial charge in [-0.3, -0.25) is 4.98 Å². The molecule has 0 amide bonds. The van der Waals surface area contributed by atoms with E-state index >= 15 is 0 Å². The lowest BCUT2D eigenvalue weighted by Gasteiger charge is -2.05. The van der Waals surface area contributed by atoms with Gasteiger partial charge in [0.15, 0.2) is 0 Å². The minimum Gasteiger partial charge on any atom is -0.253 e. The molecule has 72 valence electrons. The number of fused-ring (bicyclic) bond motifs is 1. The molecule has 0 unspecified atom stereocenters. The summed E-state index contributed by atoms with van der Waals surface area (Å²) in [7, 11) is 0. The van der Waals surface area contributed by atoms with E-state index in [0.29, 0.717) is 3.57 Å². The van der Waals surface area contributed by atoms with Crippen molar-refractivity contribution < 1.29 is 4.39 Å². The third-order valence-electron chi connectivity index (χ3n) is 2.20. The molecule has 14 heavy (non-hydrogen) atoms. The predicted octanol–water partition coefficient (Wildman–Crippen LogP) is 3.60. The number of pyridine rings is 1. The lowest BCUT2D eigenvalue weighted by molar-refractivity contribution is 0.621. The van der Waals surface area contributed by atoms with Gasteiger partial charge in [-0.05, 0) is 60.2 Å². The highest BCUT2D eigenvalue weighted by Crippen LogP contribution is 2.25. The summed E-state index contributed by atoms with van der Waals surface area (Å²) >= 11 is 2.02. The Labute approximate surface area is 95.5 Å². The van der Waals surface area contributed by atoms with E-state index in [-0.39, 0.29) is 5.82 Å². The van der Waals surface area contributed by atoms with Crippen LogP contribution in [0.25, 0.3) is 10.9 Å². The molecular formula is C11H9FIN. The number of benzene rings is 1. The Morgan fingerprint density at radius 1 is 1.29 bits per heavy atom. The number of hydrogen-bond acceptors (Lipinski definition) is 1. The summed E-state index contributed by atoms with van der Waals surface area (Å²) in [6.45, 7) is 3.82. The SMILES string of the molecule is Cc1ccc2c(I)c(F)cc(C)c2n1. The number of aromatic nitrogens is 1. The van der Waals surface area contributed by atoms with Crippen LogP contribution in [-0.4, -0.2) is 4.98 Å². The molecule has 0 saturated carbocycles. The monoisotopic (exact) mass is 301 g/mol. The largest absolute Gasteiger partial charge is 0.253 e. The molecule has 0 aliphatic rings. The molecular weight excluding hydrogens is 292 g/mol. The van der Waals surface area contributed by atoms with Crippen LogP contribution in [0.2, 0.25) is 0 Å². The minimum atomic E-state index is -0.166. The molecule has 0 spiro atoms. The maximum absolute atomic E-state index is 13.4. The van der Waals surface area contributed by atoms with Gasteiger partial charge in [0.1, 0.15) is 5.82 Å². The quantitative estimate of drug-likeness (QED) is 0.678. The van der Waals surface area contributed by atoms with E-state index < -0.39 is 0 Å². The molecule has 0 radical (unpaired) electrons. The highest BCUT2D eigenvalue weighted by molar-refractivity contribution is 14.1. The van der Waals surface area contributed by atoms with Crippen LogP contribution >= 0.6 is 22.6 Å². The van der Waals surface area contributed by atoms with Crippen LogP contribution < -0.4 is 0 Å². The molecule has 0 aliphatic carbocycles. The molecule has 0 saturated heterocycles. The summed E-state index contributed by atoms with van der Waals surface area (Å²) in [5.41, 5.74) is 2.75. The number of aryl methyl sites for hydroxylation is 2. The van der Waals surface area contributed by atoms with Crippen molar-refractivity contribution in [1.29, 1.82) is 0 Å². The standard InChI is InChI=1S/C11H9FIN/c1-6-5-9(12)10(13)8-4-3-7(2)14-11(6)8/h3-5H,1-2H3. The van der Waals surface area contributed by atoms with Gasteiger partial charge >= 0.3 is 0 Å². The van der Waals surface area contributed by atoms with Crippen LogP contribution in [0, 0.1) is 23.2 Å². The molecule has 0 fully saturated rings. The van der Waals surface area contributed by atoms with E-state index in [4.69, 9.17) is 0 Å². The van der Waals surface area contributed by atoms with Gasteiger partial charge in [-0.15, -0.1) is 0 Å². The molecule has 1 nitrogen and oxygen atoms in total. The van der Waals surface area contributed by atoms with E-state index in [1.165, 1.54) is 6.07 Å². The van der Waals surface area contributed by atoms with Crippen molar-refractivity contribution in [1.82, 2.24) is 4.98 Å². The van der Waals surface area contributed by atoms with Crippen LogP contribution in [0.4, 0.5) is 4.39 Å².